The van der Waals surface area contributed by atoms with E-state index in [0.29, 0.717) is 23.1 Å². The van der Waals surface area contributed by atoms with Gasteiger partial charge in [-0.1, -0.05) is 30.7 Å². The molecule has 7 heteroatoms. The third-order valence-corrected chi connectivity index (χ3v) is 3.75. The summed E-state index contributed by atoms with van der Waals surface area (Å²) < 4.78 is 28.5. The van der Waals surface area contributed by atoms with Gasteiger partial charge in [0.15, 0.2) is 0 Å². The van der Waals surface area contributed by atoms with Crippen LogP contribution in [0.4, 0.5) is 8.78 Å². The molecule has 3 rings (SSSR count). The van der Waals surface area contributed by atoms with Crippen molar-refractivity contribution >= 4 is 11.6 Å². The third kappa shape index (κ3) is 2.94. The van der Waals surface area contributed by atoms with Gasteiger partial charge in [-0.25, -0.2) is 8.78 Å². The van der Waals surface area contributed by atoms with Crippen LogP contribution in [0.25, 0.3) is 22.5 Å². The van der Waals surface area contributed by atoms with Crippen LogP contribution in [0.2, 0.25) is 5.02 Å². The second-order valence-electron chi connectivity index (χ2n) is 5.07. The molecule has 3 aromatic rings. The van der Waals surface area contributed by atoms with Crippen LogP contribution < -0.4 is 0 Å². The highest BCUT2D eigenvalue weighted by Gasteiger charge is 2.19. The average molecular weight is 335 g/mol. The first-order valence-corrected chi connectivity index (χ1v) is 7.39. The zero-order valence-corrected chi connectivity index (χ0v) is 13.3. The van der Waals surface area contributed by atoms with E-state index in [1.54, 1.807) is 25.2 Å². The van der Waals surface area contributed by atoms with Crippen molar-refractivity contribution in [1.29, 1.82) is 0 Å². The first kappa shape index (κ1) is 15.6. The summed E-state index contributed by atoms with van der Waals surface area (Å²) in [5.74, 6) is -0.805. The molecule has 0 spiro atoms. The predicted molar refractivity (Wildman–Crippen MR) is 84.0 cm³/mol. The molecule has 0 aliphatic carbocycles. The van der Waals surface area contributed by atoms with E-state index in [2.05, 4.69) is 15.4 Å². The molecule has 0 N–H and O–H groups in total. The lowest BCUT2D eigenvalue weighted by Gasteiger charge is -2.10. The molecule has 118 valence electrons. The summed E-state index contributed by atoms with van der Waals surface area (Å²) in [7, 11) is 1.58. The van der Waals surface area contributed by atoms with Crippen LogP contribution in [0.1, 0.15) is 12.5 Å². The quantitative estimate of drug-likeness (QED) is 0.726. The summed E-state index contributed by atoms with van der Waals surface area (Å²) in [6.07, 6.45) is 0.578. The second kappa shape index (κ2) is 6.04. The highest BCUT2D eigenvalue weighted by molar-refractivity contribution is 6.31. The summed E-state index contributed by atoms with van der Waals surface area (Å²) in [5, 5.41) is 11.8. The lowest BCUT2D eigenvalue weighted by atomic mass is 9.97. The topological polar surface area (TPSA) is 43.6 Å². The van der Waals surface area contributed by atoms with E-state index >= 15 is 0 Å². The fourth-order valence-electron chi connectivity index (χ4n) is 2.41. The molecule has 0 saturated carbocycles. The summed E-state index contributed by atoms with van der Waals surface area (Å²) in [6, 6.07) is 7.51. The Kier molecular flexibility index (Phi) is 4.09. The first-order chi connectivity index (χ1) is 11.0. The smallest absolute Gasteiger partial charge is 0.207 e. The monoisotopic (exact) mass is 334 g/mol. The Balaban J connectivity index is 2.24. The number of rotatable bonds is 3. The van der Waals surface area contributed by atoms with Crippen LogP contribution in [0.5, 0.6) is 0 Å². The molecule has 1 heterocycles. The molecule has 0 atom stereocenters. The summed E-state index contributed by atoms with van der Waals surface area (Å²) in [4.78, 5) is 1.23. The van der Waals surface area contributed by atoms with E-state index in [1.165, 1.54) is 16.9 Å². The van der Waals surface area contributed by atoms with Crippen LogP contribution >= 0.6 is 11.6 Å². The van der Waals surface area contributed by atoms with Gasteiger partial charge in [-0.05, 0) is 46.5 Å². The molecule has 0 bridgehead atoms. The summed E-state index contributed by atoms with van der Waals surface area (Å²) in [6.45, 7) is 1.87. The number of hydrogen-bond acceptors (Lipinski definition) is 3. The minimum absolute atomic E-state index is 0.122. The Morgan fingerprint density at radius 1 is 1.13 bits per heavy atom. The molecule has 0 saturated heterocycles. The van der Waals surface area contributed by atoms with Crippen LogP contribution in [-0.2, 0) is 13.5 Å². The minimum Gasteiger partial charge on any atom is -0.207 e. The van der Waals surface area contributed by atoms with Crippen molar-refractivity contribution < 1.29 is 8.78 Å². The van der Waals surface area contributed by atoms with Crippen molar-refractivity contribution in [3.8, 4) is 22.5 Å². The van der Waals surface area contributed by atoms with Crippen LogP contribution in [0.15, 0.2) is 30.3 Å². The van der Waals surface area contributed by atoms with Gasteiger partial charge in [0.05, 0.1) is 12.6 Å². The SMILES string of the molecule is CCc1ccc(-c2cc(Cl)cc(F)c2-c2nnn(C)n2)cc1F. The Morgan fingerprint density at radius 2 is 1.91 bits per heavy atom. The molecule has 0 fully saturated rings. The van der Waals surface area contributed by atoms with Crippen molar-refractivity contribution in [2.75, 3.05) is 0 Å². The van der Waals surface area contributed by atoms with Gasteiger partial charge in [0.25, 0.3) is 0 Å². The van der Waals surface area contributed by atoms with Crippen LogP contribution in [0, 0.1) is 11.6 Å². The number of benzene rings is 2. The minimum atomic E-state index is -0.583. The second-order valence-corrected chi connectivity index (χ2v) is 5.51. The van der Waals surface area contributed by atoms with Gasteiger partial charge in [-0.2, -0.15) is 4.80 Å². The Hall–Kier alpha value is -2.34. The molecular weight excluding hydrogens is 322 g/mol. The standard InChI is InChI=1S/C16H13ClF2N4/c1-3-9-4-5-10(6-13(9)18)12-7-11(17)8-14(19)15(12)16-20-22-23(2)21-16/h4-8H,3H2,1-2H3. The maximum absolute atomic E-state index is 14.4. The first-order valence-electron chi connectivity index (χ1n) is 7.01. The van der Waals surface area contributed by atoms with Crippen LogP contribution in [-0.4, -0.2) is 20.2 Å². The highest BCUT2D eigenvalue weighted by atomic mass is 35.5. The van der Waals surface area contributed by atoms with Crippen LogP contribution in [0.3, 0.4) is 0 Å². The molecule has 0 aliphatic heterocycles. The highest BCUT2D eigenvalue weighted by Crippen LogP contribution is 2.35. The van der Waals surface area contributed by atoms with Crippen molar-refractivity contribution in [1.82, 2.24) is 20.2 Å². The Bertz CT molecular complexity index is 877. The fourth-order valence-corrected chi connectivity index (χ4v) is 2.62. The van der Waals surface area contributed by atoms with Gasteiger partial charge in [0, 0.05) is 5.02 Å². The number of aromatic nitrogens is 4. The maximum atomic E-state index is 14.4. The maximum Gasteiger partial charge on any atom is 0.208 e. The molecule has 23 heavy (non-hydrogen) atoms. The van der Waals surface area contributed by atoms with E-state index in [-0.39, 0.29) is 22.2 Å². The average Bonchev–Trinajstić information content (AvgIpc) is 2.92. The molecule has 2 aromatic carbocycles. The van der Waals surface area contributed by atoms with Crippen molar-refractivity contribution in [2.24, 2.45) is 7.05 Å². The zero-order valence-electron chi connectivity index (χ0n) is 12.5. The molecule has 1 aromatic heterocycles. The van der Waals surface area contributed by atoms with E-state index in [0.717, 1.165) is 0 Å². The van der Waals surface area contributed by atoms with Gasteiger partial charge in [0.2, 0.25) is 5.82 Å². The number of halogens is 3. The van der Waals surface area contributed by atoms with Gasteiger partial charge < -0.3 is 0 Å². The molecule has 0 unspecified atom stereocenters. The van der Waals surface area contributed by atoms with E-state index in [4.69, 9.17) is 11.6 Å². The van der Waals surface area contributed by atoms with Gasteiger partial charge in [-0.3, -0.25) is 0 Å². The fraction of sp³-hybridized carbons (Fsp3) is 0.188. The molecule has 0 aliphatic rings. The zero-order chi connectivity index (χ0) is 16.6. The number of hydrogen-bond donors (Lipinski definition) is 0. The molecular formula is C16H13ClF2N4. The summed E-state index contributed by atoms with van der Waals surface area (Å²) in [5.41, 5.74) is 1.66. The van der Waals surface area contributed by atoms with Gasteiger partial charge >= 0.3 is 0 Å². The van der Waals surface area contributed by atoms with Crippen molar-refractivity contribution in [2.45, 2.75) is 13.3 Å². The predicted octanol–water partition coefficient (Wildman–Crippen LogP) is 4.04. The summed E-state index contributed by atoms with van der Waals surface area (Å²) >= 11 is 5.97. The lowest BCUT2D eigenvalue weighted by molar-refractivity contribution is 0.612. The van der Waals surface area contributed by atoms with E-state index < -0.39 is 5.82 Å². The Morgan fingerprint density at radius 3 is 2.52 bits per heavy atom. The van der Waals surface area contributed by atoms with Crippen molar-refractivity contribution in [3.63, 3.8) is 0 Å². The molecule has 0 amide bonds. The molecule has 0 radical (unpaired) electrons. The van der Waals surface area contributed by atoms with Crippen molar-refractivity contribution in [3.05, 3.63) is 52.6 Å². The molecule has 4 nitrogen and oxygen atoms in total. The Labute approximate surface area is 136 Å². The lowest BCUT2D eigenvalue weighted by Crippen LogP contribution is -1.96. The number of tetrazole rings is 1. The number of aryl methyl sites for hydroxylation is 2. The number of nitrogens with zero attached hydrogens (tertiary/aromatic N) is 4. The van der Waals surface area contributed by atoms with E-state index in [1.807, 2.05) is 6.92 Å². The van der Waals surface area contributed by atoms with E-state index in [9.17, 15) is 8.78 Å². The largest absolute Gasteiger partial charge is 0.208 e. The van der Waals surface area contributed by atoms with Gasteiger partial charge in [-0.15, -0.1) is 10.2 Å². The van der Waals surface area contributed by atoms with Gasteiger partial charge in [0.1, 0.15) is 11.6 Å². The normalized spacial score (nSPS) is 11.0. The third-order valence-electron chi connectivity index (χ3n) is 3.53.